The van der Waals surface area contributed by atoms with Gasteiger partial charge >= 0.3 is 17.9 Å². The Morgan fingerprint density at radius 3 is 0.889 bits per heavy atom. The third kappa shape index (κ3) is 33.6. The highest BCUT2D eigenvalue weighted by Gasteiger charge is 2.19. The summed E-state index contributed by atoms with van der Waals surface area (Å²) in [5.41, 5.74) is 0. The van der Waals surface area contributed by atoms with Gasteiger partial charge in [0.1, 0.15) is 13.2 Å². The van der Waals surface area contributed by atoms with Crippen LogP contribution in [0.4, 0.5) is 0 Å². The Morgan fingerprint density at radius 1 is 0.356 bits per heavy atom. The molecule has 0 spiro atoms. The van der Waals surface area contributed by atoms with E-state index in [-0.39, 0.29) is 31.1 Å². The minimum atomic E-state index is -0.754. The second-order valence-electron chi connectivity index (χ2n) is 13.2. The summed E-state index contributed by atoms with van der Waals surface area (Å²) in [5.74, 6) is -0.875. The Balaban J connectivity index is 4.25. The number of carbonyl (C=O) groups is 3. The van der Waals surface area contributed by atoms with E-state index < -0.39 is 6.10 Å². The predicted octanol–water partition coefficient (Wildman–Crippen LogP) is 11.7. The fourth-order valence-electron chi connectivity index (χ4n) is 5.62. The molecule has 0 unspecified atom stereocenters. The summed E-state index contributed by atoms with van der Waals surface area (Å²) in [4.78, 5) is 37.2. The third-order valence-corrected chi connectivity index (χ3v) is 8.61. The van der Waals surface area contributed by atoms with Crippen LogP contribution in [-0.4, -0.2) is 37.2 Å². The zero-order valence-corrected chi connectivity index (χ0v) is 30.2. The maximum Gasteiger partial charge on any atom is 0.306 e. The summed E-state index contributed by atoms with van der Waals surface area (Å²) in [7, 11) is 0. The zero-order chi connectivity index (χ0) is 33.1. The molecular formula is C39H74O6. The smallest absolute Gasteiger partial charge is 0.306 e. The van der Waals surface area contributed by atoms with Gasteiger partial charge < -0.3 is 14.2 Å². The standard InChI is InChI=1S/C39H74O6/c1-4-7-10-13-16-17-18-19-20-21-24-26-29-32-38(41)44-35-36(45-39(42)33-30-27-23-15-12-9-6-3)34-43-37(40)31-28-25-22-14-11-8-5-2/h36H,4-35H2,1-3H3/t36-/m0/s1. The molecular weight excluding hydrogens is 564 g/mol. The van der Waals surface area contributed by atoms with E-state index in [1.165, 1.54) is 116 Å². The molecule has 0 radical (unpaired) electrons. The molecule has 0 aliphatic heterocycles. The third-order valence-electron chi connectivity index (χ3n) is 8.61. The van der Waals surface area contributed by atoms with Gasteiger partial charge in [-0.2, -0.15) is 0 Å². The van der Waals surface area contributed by atoms with Crippen molar-refractivity contribution in [2.75, 3.05) is 13.2 Å². The van der Waals surface area contributed by atoms with Crippen LogP contribution in [0, 0.1) is 0 Å². The second-order valence-corrected chi connectivity index (χ2v) is 13.2. The van der Waals surface area contributed by atoms with Crippen LogP contribution < -0.4 is 0 Å². The average molecular weight is 639 g/mol. The molecule has 0 heterocycles. The van der Waals surface area contributed by atoms with Crippen LogP contribution in [0.3, 0.4) is 0 Å². The van der Waals surface area contributed by atoms with Gasteiger partial charge in [-0.1, -0.05) is 175 Å². The highest BCUT2D eigenvalue weighted by atomic mass is 16.6. The van der Waals surface area contributed by atoms with Crippen molar-refractivity contribution in [2.24, 2.45) is 0 Å². The second kappa shape index (κ2) is 35.3. The van der Waals surface area contributed by atoms with E-state index >= 15 is 0 Å². The molecule has 0 saturated heterocycles. The van der Waals surface area contributed by atoms with Crippen molar-refractivity contribution in [1.82, 2.24) is 0 Å². The Hall–Kier alpha value is -1.59. The number of rotatable bonds is 35. The van der Waals surface area contributed by atoms with Crippen molar-refractivity contribution in [3.05, 3.63) is 0 Å². The number of esters is 3. The molecule has 0 amide bonds. The van der Waals surface area contributed by atoms with Crippen molar-refractivity contribution in [2.45, 2.75) is 219 Å². The van der Waals surface area contributed by atoms with Crippen LogP contribution >= 0.6 is 0 Å². The lowest BCUT2D eigenvalue weighted by atomic mass is 10.0. The monoisotopic (exact) mass is 639 g/mol. The van der Waals surface area contributed by atoms with Gasteiger partial charge in [-0.15, -0.1) is 0 Å². The molecule has 0 aromatic rings. The van der Waals surface area contributed by atoms with E-state index in [0.29, 0.717) is 19.3 Å². The first-order valence-electron chi connectivity index (χ1n) is 19.5. The van der Waals surface area contributed by atoms with E-state index in [2.05, 4.69) is 20.8 Å². The SMILES string of the molecule is CCCCCCCCCCCCCCCC(=O)OC[C@H](COC(=O)CCCCCCCCC)OC(=O)CCCCCCCCC. The molecule has 6 heteroatoms. The maximum atomic E-state index is 12.5. The molecule has 0 aromatic heterocycles. The maximum absolute atomic E-state index is 12.5. The zero-order valence-electron chi connectivity index (χ0n) is 30.2. The highest BCUT2D eigenvalue weighted by Crippen LogP contribution is 2.14. The molecule has 0 rings (SSSR count). The number of hydrogen-bond acceptors (Lipinski definition) is 6. The van der Waals surface area contributed by atoms with E-state index in [1.807, 2.05) is 0 Å². The lowest BCUT2D eigenvalue weighted by Crippen LogP contribution is -2.30. The summed E-state index contributed by atoms with van der Waals surface area (Å²) in [6.45, 7) is 6.54. The van der Waals surface area contributed by atoms with Crippen molar-refractivity contribution in [3.8, 4) is 0 Å². The first-order valence-corrected chi connectivity index (χ1v) is 19.5. The van der Waals surface area contributed by atoms with Crippen LogP contribution in [0.2, 0.25) is 0 Å². The molecule has 0 saturated carbocycles. The summed E-state index contributed by atoms with van der Waals surface area (Å²) in [5, 5.41) is 0. The molecule has 1 atom stereocenters. The Bertz CT molecular complexity index is 664. The van der Waals surface area contributed by atoms with Gasteiger partial charge in [-0.25, -0.2) is 0 Å². The number of unbranched alkanes of at least 4 members (excludes halogenated alkanes) is 24. The molecule has 0 aliphatic carbocycles. The van der Waals surface area contributed by atoms with Gasteiger partial charge in [0.05, 0.1) is 0 Å². The molecule has 6 nitrogen and oxygen atoms in total. The normalized spacial score (nSPS) is 11.8. The molecule has 0 N–H and O–H groups in total. The molecule has 266 valence electrons. The topological polar surface area (TPSA) is 78.9 Å². The Morgan fingerprint density at radius 2 is 0.600 bits per heavy atom. The Labute approximate surface area is 278 Å². The number of carbonyl (C=O) groups excluding carboxylic acids is 3. The summed E-state index contributed by atoms with van der Waals surface area (Å²) >= 11 is 0. The minimum Gasteiger partial charge on any atom is -0.462 e. The fraction of sp³-hybridized carbons (Fsp3) is 0.923. The summed E-state index contributed by atoms with van der Waals surface area (Å²) in [6.07, 6.45) is 32.5. The molecule has 0 aliphatic rings. The highest BCUT2D eigenvalue weighted by molar-refractivity contribution is 5.71. The van der Waals surface area contributed by atoms with Crippen LogP contribution in [0.25, 0.3) is 0 Å². The van der Waals surface area contributed by atoms with Gasteiger partial charge in [-0.3, -0.25) is 14.4 Å². The van der Waals surface area contributed by atoms with Crippen molar-refractivity contribution in [1.29, 1.82) is 0 Å². The van der Waals surface area contributed by atoms with Crippen molar-refractivity contribution >= 4 is 17.9 Å². The molecule has 0 fully saturated rings. The largest absolute Gasteiger partial charge is 0.462 e. The predicted molar refractivity (Wildman–Crippen MR) is 187 cm³/mol. The molecule has 45 heavy (non-hydrogen) atoms. The first kappa shape index (κ1) is 43.4. The van der Waals surface area contributed by atoms with E-state index in [9.17, 15) is 14.4 Å². The summed E-state index contributed by atoms with van der Waals surface area (Å²) < 4.78 is 16.5. The number of ether oxygens (including phenoxy) is 3. The van der Waals surface area contributed by atoms with Crippen LogP contribution in [0.5, 0.6) is 0 Å². The van der Waals surface area contributed by atoms with Crippen LogP contribution in [-0.2, 0) is 28.6 Å². The quantitative estimate of drug-likeness (QED) is 0.0390. The number of hydrogen-bond donors (Lipinski definition) is 0. The fourth-order valence-corrected chi connectivity index (χ4v) is 5.62. The van der Waals surface area contributed by atoms with Gasteiger partial charge in [0.2, 0.25) is 0 Å². The van der Waals surface area contributed by atoms with Gasteiger partial charge in [0, 0.05) is 19.3 Å². The molecule has 0 bridgehead atoms. The van der Waals surface area contributed by atoms with Crippen molar-refractivity contribution in [3.63, 3.8) is 0 Å². The van der Waals surface area contributed by atoms with Gasteiger partial charge in [0.25, 0.3) is 0 Å². The van der Waals surface area contributed by atoms with Crippen molar-refractivity contribution < 1.29 is 28.6 Å². The van der Waals surface area contributed by atoms with E-state index in [1.54, 1.807) is 0 Å². The van der Waals surface area contributed by atoms with Gasteiger partial charge in [0.15, 0.2) is 6.10 Å². The van der Waals surface area contributed by atoms with Gasteiger partial charge in [-0.05, 0) is 19.3 Å². The van der Waals surface area contributed by atoms with E-state index in [4.69, 9.17) is 14.2 Å². The lowest BCUT2D eigenvalue weighted by Gasteiger charge is -2.18. The Kier molecular flexibility index (Phi) is 34.0. The summed E-state index contributed by atoms with van der Waals surface area (Å²) in [6, 6.07) is 0. The first-order chi connectivity index (χ1) is 22.0. The average Bonchev–Trinajstić information content (AvgIpc) is 3.03. The van der Waals surface area contributed by atoms with Crippen LogP contribution in [0.15, 0.2) is 0 Å². The molecule has 0 aromatic carbocycles. The van der Waals surface area contributed by atoms with Crippen LogP contribution in [0.1, 0.15) is 213 Å². The minimum absolute atomic E-state index is 0.0647. The van der Waals surface area contributed by atoms with E-state index in [0.717, 1.165) is 57.8 Å². The lowest BCUT2D eigenvalue weighted by molar-refractivity contribution is -0.167.